The molecule has 2 heterocycles. The summed E-state index contributed by atoms with van der Waals surface area (Å²) in [5, 5.41) is 6.07. The first kappa shape index (κ1) is 23.1. The Morgan fingerprint density at radius 1 is 1.15 bits per heavy atom. The van der Waals surface area contributed by atoms with Gasteiger partial charge in [-0.15, -0.1) is 0 Å². The van der Waals surface area contributed by atoms with Gasteiger partial charge < -0.3 is 15.1 Å². The van der Waals surface area contributed by atoms with Gasteiger partial charge in [0.25, 0.3) is 5.91 Å². The highest BCUT2D eigenvalue weighted by atomic mass is 35.5. The summed E-state index contributed by atoms with van der Waals surface area (Å²) in [6.45, 7) is 2.37. The fourth-order valence-electron chi connectivity index (χ4n) is 3.99. The summed E-state index contributed by atoms with van der Waals surface area (Å²) in [6, 6.07) is 16.9. The van der Waals surface area contributed by atoms with Crippen molar-refractivity contribution in [2.75, 3.05) is 14.1 Å². The van der Waals surface area contributed by atoms with E-state index in [0.717, 1.165) is 22.0 Å². The number of fused-ring (bicyclic) bond motifs is 1. The van der Waals surface area contributed by atoms with E-state index in [1.54, 1.807) is 19.0 Å². The lowest BCUT2D eigenvalue weighted by Crippen LogP contribution is -2.39. The van der Waals surface area contributed by atoms with Gasteiger partial charge in [0, 0.05) is 31.4 Å². The van der Waals surface area contributed by atoms with Crippen LogP contribution in [0.2, 0.25) is 5.02 Å². The third kappa shape index (κ3) is 4.84. The highest BCUT2D eigenvalue weighted by Gasteiger charge is 2.40. The molecule has 0 aliphatic carbocycles. The second-order valence-electron chi connectivity index (χ2n) is 7.94. The predicted molar refractivity (Wildman–Crippen MR) is 133 cm³/mol. The molecule has 6 nitrogen and oxygen atoms in total. The third-order valence-electron chi connectivity index (χ3n) is 5.68. The van der Waals surface area contributed by atoms with Crippen LogP contribution >= 0.6 is 23.4 Å². The minimum absolute atomic E-state index is 0.00502. The number of benzene rings is 2. The van der Waals surface area contributed by atoms with Gasteiger partial charge in [-0.3, -0.25) is 9.59 Å². The number of aliphatic imine (C=N–C) groups is 1. The first-order valence-corrected chi connectivity index (χ1v) is 11.8. The van der Waals surface area contributed by atoms with Crippen LogP contribution in [0.5, 0.6) is 0 Å². The van der Waals surface area contributed by atoms with Crippen molar-refractivity contribution in [2.24, 2.45) is 4.99 Å². The number of nitrogens with one attached hydrogen (secondary N) is 1. The van der Waals surface area contributed by atoms with Gasteiger partial charge in [0.05, 0.1) is 23.7 Å². The lowest BCUT2D eigenvalue weighted by Gasteiger charge is -2.36. The van der Waals surface area contributed by atoms with Gasteiger partial charge in [-0.1, -0.05) is 65.8 Å². The molecular weight excluding hydrogens is 456 g/mol. The maximum atomic E-state index is 13.1. The molecule has 1 N–H and O–H groups in total. The summed E-state index contributed by atoms with van der Waals surface area (Å²) in [5.41, 5.74) is 4.01. The molecule has 1 unspecified atom stereocenters. The van der Waals surface area contributed by atoms with Crippen LogP contribution in [0, 0.1) is 0 Å². The molecule has 0 saturated heterocycles. The number of carbonyl (C=O) groups is 2. The summed E-state index contributed by atoms with van der Waals surface area (Å²) in [6.07, 6.45) is 0.208. The zero-order chi connectivity index (χ0) is 23.5. The molecule has 0 radical (unpaired) electrons. The van der Waals surface area contributed by atoms with Gasteiger partial charge >= 0.3 is 0 Å². The second kappa shape index (κ2) is 9.85. The Bertz CT molecular complexity index is 1160. The largest absolute Gasteiger partial charge is 0.355 e. The number of nitrogens with zero attached hydrogens (tertiary/aromatic N) is 3. The van der Waals surface area contributed by atoms with Crippen molar-refractivity contribution in [3.05, 3.63) is 93.1 Å². The lowest BCUT2D eigenvalue weighted by molar-refractivity contribution is -0.129. The standard InChI is InChI=1S/C25H25ClN4O2S/c1-16-22(24(32)27-2)23(18-9-11-19(26)12-10-18)30-20(15-33-25(30)28-16)13-21(31)29(3)14-17-7-5-4-6-8-17/h4-12,15,23H,13-14H2,1-3H3,(H,27,32). The lowest BCUT2D eigenvalue weighted by atomic mass is 9.93. The van der Waals surface area contributed by atoms with E-state index in [4.69, 9.17) is 11.6 Å². The minimum atomic E-state index is -0.400. The summed E-state index contributed by atoms with van der Waals surface area (Å²) in [7, 11) is 3.41. The molecule has 33 heavy (non-hydrogen) atoms. The molecule has 0 aromatic heterocycles. The van der Waals surface area contributed by atoms with Crippen LogP contribution in [0.4, 0.5) is 0 Å². The van der Waals surface area contributed by atoms with Gasteiger partial charge in [0.2, 0.25) is 5.91 Å². The van der Waals surface area contributed by atoms with Gasteiger partial charge in [-0.2, -0.15) is 0 Å². The fourth-order valence-corrected chi connectivity index (χ4v) is 5.08. The number of carbonyl (C=O) groups excluding carboxylic acids is 2. The summed E-state index contributed by atoms with van der Waals surface area (Å²) >= 11 is 7.59. The molecule has 4 rings (SSSR count). The highest BCUT2D eigenvalue weighted by molar-refractivity contribution is 8.16. The predicted octanol–water partition coefficient (Wildman–Crippen LogP) is 4.71. The Labute approximate surface area is 203 Å². The van der Waals surface area contributed by atoms with Crippen LogP contribution in [0.25, 0.3) is 0 Å². The normalized spacial score (nSPS) is 17.3. The average molecular weight is 481 g/mol. The van der Waals surface area contributed by atoms with Crippen molar-refractivity contribution in [3.63, 3.8) is 0 Å². The number of amides is 2. The molecule has 2 aromatic rings. The number of allylic oxidation sites excluding steroid dienone is 1. The molecule has 0 spiro atoms. The average Bonchev–Trinajstić information content (AvgIpc) is 3.20. The van der Waals surface area contributed by atoms with E-state index < -0.39 is 6.04 Å². The Hall–Kier alpha value is -3.03. The monoisotopic (exact) mass is 480 g/mol. The van der Waals surface area contributed by atoms with E-state index in [-0.39, 0.29) is 18.2 Å². The van der Waals surface area contributed by atoms with Crippen LogP contribution in [-0.2, 0) is 16.1 Å². The first-order valence-electron chi connectivity index (χ1n) is 10.6. The van der Waals surface area contributed by atoms with E-state index in [9.17, 15) is 9.59 Å². The zero-order valence-electron chi connectivity index (χ0n) is 18.7. The molecule has 2 aliphatic heterocycles. The SMILES string of the molecule is CNC(=O)C1=C(C)N=C2SC=C(CC(=O)N(C)Cc3ccccc3)N2C1c1ccc(Cl)cc1. The molecule has 0 bridgehead atoms. The first-order chi connectivity index (χ1) is 15.9. The van der Waals surface area contributed by atoms with Crippen molar-refractivity contribution in [2.45, 2.75) is 25.9 Å². The quantitative estimate of drug-likeness (QED) is 0.650. The molecular formula is C25H25ClN4O2S. The Morgan fingerprint density at radius 3 is 2.52 bits per heavy atom. The van der Waals surface area contributed by atoms with Gasteiger partial charge in [-0.25, -0.2) is 4.99 Å². The molecule has 8 heteroatoms. The number of amidine groups is 1. The van der Waals surface area contributed by atoms with Crippen LogP contribution < -0.4 is 5.32 Å². The van der Waals surface area contributed by atoms with Gasteiger partial charge in [0.15, 0.2) is 5.17 Å². The number of halogens is 1. The highest BCUT2D eigenvalue weighted by Crippen LogP contribution is 2.44. The topological polar surface area (TPSA) is 65.0 Å². The summed E-state index contributed by atoms with van der Waals surface area (Å²) in [4.78, 5) is 34.4. The molecule has 2 amide bonds. The van der Waals surface area contributed by atoms with Gasteiger partial charge in [-0.05, 0) is 35.6 Å². The Balaban J connectivity index is 1.63. The van der Waals surface area contributed by atoms with Gasteiger partial charge in [0.1, 0.15) is 0 Å². The number of likely N-dealkylation sites (N-methyl/N-ethyl adjacent to an activating group) is 1. The minimum Gasteiger partial charge on any atom is -0.355 e. The van der Waals surface area contributed by atoms with Crippen LogP contribution in [-0.4, -0.2) is 40.9 Å². The van der Waals surface area contributed by atoms with E-state index in [0.29, 0.717) is 22.8 Å². The maximum absolute atomic E-state index is 13.1. The number of hydrogen-bond donors (Lipinski definition) is 1. The van der Waals surface area contributed by atoms with E-state index in [2.05, 4.69) is 10.3 Å². The van der Waals surface area contributed by atoms with Crippen molar-refractivity contribution in [3.8, 4) is 0 Å². The third-order valence-corrected chi connectivity index (χ3v) is 6.82. The molecule has 2 aromatic carbocycles. The van der Waals surface area contributed by atoms with E-state index in [1.165, 1.54) is 11.8 Å². The smallest absolute Gasteiger partial charge is 0.251 e. The van der Waals surface area contributed by atoms with E-state index in [1.807, 2.05) is 71.8 Å². The fraction of sp³-hybridized carbons (Fsp3) is 0.240. The second-order valence-corrected chi connectivity index (χ2v) is 9.21. The summed E-state index contributed by atoms with van der Waals surface area (Å²) < 4.78 is 0. The molecule has 0 fully saturated rings. The number of rotatable bonds is 6. The van der Waals surface area contributed by atoms with Crippen molar-refractivity contribution in [1.82, 2.24) is 15.1 Å². The Morgan fingerprint density at radius 2 is 1.85 bits per heavy atom. The van der Waals surface area contributed by atoms with Crippen LogP contribution in [0.3, 0.4) is 0 Å². The van der Waals surface area contributed by atoms with Crippen molar-refractivity contribution < 1.29 is 9.59 Å². The molecule has 1 atom stereocenters. The molecule has 170 valence electrons. The van der Waals surface area contributed by atoms with Crippen molar-refractivity contribution >= 4 is 40.3 Å². The van der Waals surface area contributed by atoms with Crippen LogP contribution in [0.1, 0.15) is 30.5 Å². The Kier molecular flexibility index (Phi) is 6.91. The van der Waals surface area contributed by atoms with E-state index >= 15 is 0 Å². The van der Waals surface area contributed by atoms with Crippen LogP contribution in [0.15, 0.2) is 82.0 Å². The number of hydrogen-bond acceptors (Lipinski definition) is 5. The van der Waals surface area contributed by atoms with Crippen molar-refractivity contribution in [1.29, 1.82) is 0 Å². The molecule has 0 saturated carbocycles. The zero-order valence-corrected chi connectivity index (χ0v) is 20.3. The molecule has 2 aliphatic rings. The number of thioether (sulfide) groups is 1. The maximum Gasteiger partial charge on any atom is 0.251 e. The summed E-state index contributed by atoms with van der Waals surface area (Å²) in [5.74, 6) is -0.200.